The molecule has 0 radical (unpaired) electrons. The van der Waals surface area contributed by atoms with Gasteiger partial charge in [0.05, 0.1) is 7.11 Å². The van der Waals surface area contributed by atoms with Crippen molar-refractivity contribution in [2.75, 3.05) is 13.7 Å². The van der Waals surface area contributed by atoms with Crippen molar-refractivity contribution in [2.24, 2.45) is 0 Å². The molecule has 1 N–H and O–H groups in total. The van der Waals surface area contributed by atoms with Crippen molar-refractivity contribution < 1.29 is 14.6 Å². The number of hydrogen-bond donors (Lipinski definition) is 1. The Hall–Kier alpha value is -1.26. The molecule has 1 aromatic carbocycles. The molecule has 0 heterocycles. The SMILES string of the molecule is CCN(Cc1cc(Cl)ccc1OC)C(C)(C)C(=O)O. The maximum Gasteiger partial charge on any atom is 0.323 e. The molecule has 19 heavy (non-hydrogen) atoms. The number of carbonyl (C=O) groups is 1. The van der Waals surface area contributed by atoms with E-state index in [9.17, 15) is 9.90 Å². The zero-order valence-electron chi connectivity index (χ0n) is 11.7. The van der Waals surface area contributed by atoms with E-state index < -0.39 is 11.5 Å². The highest BCUT2D eigenvalue weighted by Gasteiger charge is 2.33. The standard InChI is InChI=1S/C14H20ClNO3/c1-5-16(14(2,3)13(17)18)9-10-8-11(15)6-7-12(10)19-4/h6-8H,5,9H2,1-4H3,(H,17,18). The number of aliphatic carboxylic acids is 1. The lowest BCUT2D eigenvalue weighted by Gasteiger charge is -2.34. The molecular formula is C14H20ClNO3. The summed E-state index contributed by atoms with van der Waals surface area (Å²) in [5.41, 5.74) is -0.0617. The van der Waals surface area contributed by atoms with Gasteiger partial charge in [0.15, 0.2) is 0 Å². The van der Waals surface area contributed by atoms with Crippen LogP contribution in [0.5, 0.6) is 5.75 Å². The van der Waals surface area contributed by atoms with Gasteiger partial charge >= 0.3 is 5.97 Å². The highest BCUT2D eigenvalue weighted by molar-refractivity contribution is 6.30. The third-order valence-corrected chi connectivity index (χ3v) is 3.53. The van der Waals surface area contributed by atoms with Gasteiger partial charge in [0.1, 0.15) is 11.3 Å². The summed E-state index contributed by atoms with van der Waals surface area (Å²) in [7, 11) is 1.59. The number of nitrogens with zero attached hydrogens (tertiary/aromatic N) is 1. The summed E-state index contributed by atoms with van der Waals surface area (Å²) < 4.78 is 5.29. The van der Waals surface area contributed by atoms with E-state index in [1.165, 1.54) is 0 Å². The Morgan fingerprint density at radius 3 is 2.58 bits per heavy atom. The maximum atomic E-state index is 11.3. The second-order valence-corrected chi connectivity index (χ2v) is 5.27. The van der Waals surface area contributed by atoms with Crippen LogP contribution in [0, 0.1) is 0 Å². The molecule has 0 aliphatic heterocycles. The molecule has 0 aliphatic carbocycles. The average molecular weight is 286 g/mol. The van der Waals surface area contributed by atoms with Gasteiger partial charge < -0.3 is 9.84 Å². The Kier molecular flexibility index (Phi) is 5.20. The van der Waals surface area contributed by atoms with E-state index in [2.05, 4.69) is 0 Å². The van der Waals surface area contributed by atoms with Crippen molar-refractivity contribution in [2.45, 2.75) is 32.9 Å². The first-order valence-electron chi connectivity index (χ1n) is 6.13. The van der Waals surface area contributed by atoms with Gasteiger partial charge in [-0.2, -0.15) is 0 Å². The second-order valence-electron chi connectivity index (χ2n) is 4.83. The van der Waals surface area contributed by atoms with E-state index >= 15 is 0 Å². The number of methoxy groups -OCH3 is 1. The summed E-state index contributed by atoms with van der Waals surface area (Å²) in [6.45, 7) is 6.40. The van der Waals surface area contributed by atoms with Gasteiger partial charge in [-0.3, -0.25) is 9.69 Å². The van der Waals surface area contributed by atoms with Crippen LogP contribution >= 0.6 is 11.6 Å². The van der Waals surface area contributed by atoms with E-state index in [-0.39, 0.29) is 0 Å². The summed E-state index contributed by atoms with van der Waals surface area (Å²) >= 11 is 5.99. The largest absolute Gasteiger partial charge is 0.496 e. The lowest BCUT2D eigenvalue weighted by molar-refractivity contribution is -0.149. The fourth-order valence-corrected chi connectivity index (χ4v) is 2.11. The predicted molar refractivity (Wildman–Crippen MR) is 75.8 cm³/mol. The molecular weight excluding hydrogens is 266 g/mol. The fraction of sp³-hybridized carbons (Fsp3) is 0.500. The van der Waals surface area contributed by atoms with Gasteiger partial charge in [0, 0.05) is 17.1 Å². The normalized spacial score (nSPS) is 11.7. The molecule has 5 heteroatoms. The Morgan fingerprint density at radius 2 is 2.11 bits per heavy atom. The molecule has 0 fully saturated rings. The van der Waals surface area contributed by atoms with Crippen molar-refractivity contribution in [3.8, 4) is 5.75 Å². The van der Waals surface area contributed by atoms with Gasteiger partial charge in [-0.1, -0.05) is 18.5 Å². The van der Waals surface area contributed by atoms with E-state index in [1.807, 2.05) is 11.8 Å². The Labute approximate surface area is 118 Å². The Bertz CT molecular complexity index is 460. The van der Waals surface area contributed by atoms with E-state index in [0.29, 0.717) is 23.9 Å². The molecule has 0 amide bonds. The second kappa shape index (κ2) is 6.26. The van der Waals surface area contributed by atoms with Gasteiger partial charge in [0.2, 0.25) is 0 Å². The quantitative estimate of drug-likeness (QED) is 0.873. The number of carboxylic acid groups (broad SMARTS) is 1. The maximum absolute atomic E-state index is 11.3. The highest BCUT2D eigenvalue weighted by Crippen LogP contribution is 2.26. The number of likely N-dealkylation sites (N-methyl/N-ethyl adjacent to an activating group) is 1. The minimum Gasteiger partial charge on any atom is -0.496 e. The molecule has 0 bridgehead atoms. The first kappa shape index (κ1) is 15.8. The van der Waals surface area contributed by atoms with Crippen LogP contribution in [0.25, 0.3) is 0 Å². The number of carboxylic acids is 1. The summed E-state index contributed by atoms with van der Waals surface area (Å²) in [6, 6.07) is 5.35. The molecule has 0 saturated heterocycles. The molecule has 4 nitrogen and oxygen atoms in total. The van der Waals surface area contributed by atoms with Crippen LogP contribution in [0.15, 0.2) is 18.2 Å². The molecule has 0 aliphatic rings. The minimum absolute atomic E-state index is 0.472. The van der Waals surface area contributed by atoms with E-state index in [0.717, 1.165) is 5.56 Å². The fourth-order valence-electron chi connectivity index (χ4n) is 1.92. The molecule has 0 aromatic heterocycles. The van der Waals surface area contributed by atoms with Gasteiger partial charge in [-0.15, -0.1) is 0 Å². The van der Waals surface area contributed by atoms with Gasteiger partial charge in [-0.05, 0) is 38.6 Å². The van der Waals surface area contributed by atoms with Crippen LogP contribution < -0.4 is 4.74 Å². The summed E-state index contributed by atoms with van der Waals surface area (Å²) in [4.78, 5) is 13.2. The van der Waals surface area contributed by atoms with Crippen LogP contribution in [0.3, 0.4) is 0 Å². The average Bonchev–Trinajstić information content (AvgIpc) is 2.35. The predicted octanol–water partition coefficient (Wildman–Crippen LogP) is 3.03. The molecule has 1 aromatic rings. The van der Waals surface area contributed by atoms with Crippen molar-refractivity contribution in [1.82, 2.24) is 4.90 Å². The molecule has 0 unspecified atom stereocenters. The zero-order chi connectivity index (χ0) is 14.6. The molecule has 106 valence electrons. The zero-order valence-corrected chi connectivity index (χ0v) is 12.5. The van der Waals surface area contributed by atoms with Gasteiger partial charge in [-0.25, -0.2) is 0 Å². The van der Waals surface area contributed by atoms with Crippen molar-refractivity contribution in [3.63, 3.8) is 0 Å². The van der Waals surface area contributed by atoms with Crippen LogP contribution in [0.4, 0.5) is 0 Å². The Balaban J connectivity index is 3.05. The first-order chi connectivity index (χ1) is 8.82. The third kappa shape index (κ3) is 3.61. The van der Waals surface area contributed by atoms with E-state index in [4.69, 9.17) is 16.3 Å². The number of rotatable bonds is 6. The van der Waals surface area contributed by atoms with Crippen molar-refractivity contribution in [1.29, 1.82) is 0 Å². The van der Waals surface area contributed by atoms with Crippen LogP contribution in [0.2, 0.25) is 5.02 Å². The number of benzene rings is 1. The van der Waals surface area contributed by atoms with E-state index in [1.54, 1.807) is 39.2 Å². The Morgan fingerprint density at radius 1 is 1.47 bits per heavy atom. The van der Waals surface area contributed by atoms with Crippen LogP contribution in [-0.2, 0) is 11.3 Å². The smallest absolute Gasteiger partial charge is 0.323 e. The lowest BCUT2D eigenvalue weighted by Crippen LogP contribution is -2.49. The monoisotopic (exact) mass is 285 g/mol. The molecule has 1 rings (SSSR count). The van der Waals surface area contributed by atoms with Crippen molar-refractivity contribution >= 4 is 17.6 Å². The highest BCUT2D eigenvalue weighted by atomic mass is 35.5. The van der Waals surface area contributed by atoms with Crippen LogP contribution in [-0.4, -0.2) is 35.2 Å². The molecule has 0 atom stereocenters. The third-order valence-electron chi connectivity index (χ3n) is 3.30. The number of halogens is 1. The molecule has 0 spiro atoms. The van der Waals surface area contributed by atoms with Crippen LogP contribution in [0.1, 0.15) is 26.3 Å². The van der Waals surface area contributed by atoms with Gasteiger partial charge in [0.25, 0.3) is 0 Å². The summed E-state index contributed by atoms with van der Waals surface area (Å²) in [5.74, 6) is -0.139. The van der Waals surface area contributed by atoms with Crippen molar-refractivity contribution in [3.05, 3.63) is 28.8 Å². The topological polar surface area (TPSA) is 49.8 Å². The number of hydrogen-bond acceptors (Lipinski definition) is 3. The molecule has 0 saturated carbocycles. The summed E-state index contributed by atoms with van der Waals surface area (Å²) in [6.07, 6.45) is 0. The summed E-state index contributed by atoms with van der Waals surface area (Å²) in [5, 5.41) is 9.91. The number of ether oxygens (including phenoxy) is 1. The lowest BCUT2D eigenvalue weighted by atomic mass is 10.0. The minimum atomic E-state index is -0.942. The first-order valence-corrected chi connectivity index (χ1v) is 6.51.